The van der Waals surface area contributed by atoms with Crippen LogP contribution in [-0.2, 0) is 43.4 Å². The fourth-order valence-electron chi connectivity index (χ4n) is 0. The zero-order chi connectivity index (χ0) is 0. The standard InChI is InChI=1S/Ca.Mg.2H2O.2Ti.4H/h;;2*1H2;;;;;;/q2*+2;;;;;4*-1. The van der Waals surface area contributed by atoms with Crippen LogP contribution in [0.1, 0.15) is 5.71 Å². The molecule has 0 amide bonds. The van der Waals surface area contributed by atoms with Crippen molar-refractivity contribution in [1.82, 2.24) is 0 Å². The molecule has 32 valence electrons. The van der Waals surface area contributed by atoms with Crippen LogP contribution in [0.15, 0.2) is 0 Å². The van der Waals surface area contributed by atoms with Crippen LogP contribution in [0.4, 0.5) is 0 Å². The van der Waals surface area contributed by atoms with Crippen LogP contribution < -0.4 is 0 Å². The van der Waals surface area contributed by atoms with Crippen LogP contribution in [0.25, 0.3) is 0 Å². The number of hydrogen-bond acceptors (Lipinski definition) is 0. The molecule has 0 aliphatic heterocycles. The molecule has 0 fully saturated rings. The van der Waals surface area contributed by atoms with Crippen LogP contribution in [0.3, 0.4) is 0 Å². The van der Waals surface area contributed by atoms with E-state index >= 15 is 0 Å². The van der Waals surface area contributed by atoms with Crippen molar-refractivity contribution in [1.29, 1.82) is 0 Å². The second-order valence-electron chi connectivity index (χ2n) is 0. The molecule has 0 aromatic heterocycles. The summed E-state index contributed by atoms with van der Waals surface area (Å²) >= 11 is 0. The van der Waals surface area contributed by atoms with Crippen LogP contribution >= 0.6 is 0 Å². The van der Waals surface area contributed by atoms with Crippen LogP contribution in [0, 0.1) is 0 Å². The summed E-state index contributed by atoms with van der Waals surface area (Å²) in [4.78, 5) is 0. The topological polar surface area (TPSA) is 63.0 Å². The van der Waals surface area contributed by atoms with E-state index in [2.05, 4.69) is 0 Å². The van der Waals surface area contributed by atoms with Crippen molar-refractivity contribution < 1.29 is 60.1 Å². The summed E-state index contributed by atoms with van der Waals surface area (Å²) in [5, 5.41) is 0. The van der Waals surface area contributed by atoms with Gasteiger partial charge in [-0.15, -0.1) is 0 Å². The van der Waals surface area contributed by atoms with E-state index in [-0.39, 0.29) is 121 Å². The van der Waals surface area contributed by atoms with Gasteiger partial charge in [0, 0.05) is 43.4 Å². The maximum absolute atomic E-state index is 0. The third-order valence-electron chi connectivity index (χ3n) is 0. The SMILES string of the molecule is O.O.[Ca+2].[H-].[H-].[H-].[H-].[Mg+2].[Ti].[Ti]. The van der Waals surface area contributed by atoms with Gasteiger partial charge in [0.1, 0.15) is 0 Å². The minimum atomic E-state index is 0. The average Bonchev–Trinajstić information content (AvgIpc) is 0. The molecule has 0 saturated carbocycles. The first kappa shape index (κ1) is 57.7. The third-order valence-corrected chi connectivity index (χ3v) is 0. The van der Waals surface area contributed by atoms with Crippen molar-refractivity contribution in [3.63, 3.8) is 0 Å². The van der Waals surface area contributed by atoms with Gasteiger partial charge in [-0.25, -0.2) is 0 Å². The predicted octanol–water partition coefficient (Wildman–Crippen LogP) is -1.97. The van der Waals surface area contributed by atoms with Crippen molar-refractivity contribution >= 4 is 60.8 Å². The first-order valence-corrected chi connectivity index (χ1v) is 0. The molecule has 0 aromatic carbocycles. The summed E-state index contributed by atoms with van der Waals surface area (Å²) in [6.45, 7) is 0. The Kier molecular flexibility index (Phi) is 385. The van der Waals surface area contributed by atoms with Gasteiger partial charge >= 0.3 is 60.8 Å². The molecule has 0 aliphatic carbocycles. The maximum Gasteiger partial charge on any atom is 2.00 e. The van der Waals surface area contributed by atoms with Crippen molar-refractivity contribution in [2.75, 3.05) is 0 Å². The molecule has 0 bridgehead atoms. The van der Waals surface area contributed by atoms with Crippen molar-refractivity contribution in [2.45, 2.75) is 0 Å². The van der Waals surface area contributed by atoms with Crippen LogP contribution in [-0.4, -0.2) is 71.7 Å². The fourth-order valence-corrected chi connectivity index (χ4v) is 0. The maximum atomic E-state index is 0. The van der Waals surface area contributed by atoms with Gasteiger partial charge in [-0.3, -0.25) is 0 Å². The number of rotatable bonds is 0. The third kappa shape index (κ3) is 26.3. The van der Waals surface area contributed by atoms with Gasteiger partial charge in [0.25, 0.3) is 0 Å². The Hall–Kier alpha value is 3.37. The molecule has 0 unspecified atom stereocenters. The molecule has 6 heteroatoms. The largest absolute Gasteiger partial charge is 2.00 e. The van der Waals surface area contributed by atoms with Gasteiger partial charge in [-0.05, 0) is 0 Å². The Morgan fingerprint density at radius 2 is 0.833 bits per heavy atom. The molecule has 0 saturated heterocycles. The Bertz CT molecular complexity index is 21.2. The molecule has 2 nitrogen and oxygen atoms in total. The van der Waals surface area contributed by atoms with E-state index in [0.717, 1.165) is 0 Å². The van der Waals surface area contributed by atoms with Gasteiger partial charge in [0.15, 0.2) is 0 Å². The molecule has 0 heterocycles. The Morgan fingerprint density at radius 3 is 0.833 bits per heavy atom. The smallest absolute Gasteiger partial charge is 1.00 e. The fraction of sp³-hybridized carbons (Fsp3) is 0. The summed E-state index contributed by atoms with van der Waals surface area (Å²) in [6.07, 6.45) is 0. The molecule has 0 spiro atoms. The van der Waals surface area contributed by atoms with E-state index in [1.165, 1.54) is 0 Å². The first-order valence-electron chi connectivity index (χ1n) is 0. The van der Waals surface area contributed by atoms with Crippen LogP contribution in [0.5, 0.6) is 0 Å². The minimum absolute atomic E-state index is 0. The van der Waals surface area contributed by atoms with Gasteiger partial charge in [0.05, 0.1) is 0 Å². The van der Waals surface area contributed by atoms with Gasteiger partial charge in [-0.2, -0.15) is 0 Å². The molecule has 0 rings (SSSR count). The molecular weight excluding hydrogens is 192 g/mol. The zero-order valence-corrected chi connectivity index (χ0v) is 10.2. The Labute approximate surface area is 119 Å². The quantitative estimate of drug-likeness (QED) is 0.407. The summed E-state index contributed by atoms with van der Waals surface area (Å²) in [5.74, 6) is 0. The van der Waals surface area contributed by atoms with Crippen molar-refractivity contribution in [2.24, 2.45) is 0 Å². The van der Waals surface area contributed by atoms with E-state index in [9.17, 15) is 0 Å². The average molecular weight is 200 g/mol. The summed E-state index contributed by atoms with van der Waals surface area (Å²) in [5.41, 5.74) is 0. The summed E-state index contributed by atoms with van der Waals surface area (Å²) < 4.78 is 0. The van der Waals surface area contributed by atoms with E-state index < -0.39 is 0 Å². The molecule has 4 N–H and O–H groups in total. The molecule has 0 atom stereocenters. The van der Waals surface area contributed by atoms with Crippen molar-refractivity contribution in [3.05, 3.63) is 0 Å². The second kappa shape index (κ2) is 40.0. The molecular formula is H8CaMgO2Ti2. The van der Waals surface area contributed by atoms with E-state index in [1.807, 2.05) is 0 Å². The van der Waals surface area contributed by atoms with Gasteiger partial charge < -0.3 is 16.7 Å². The second-order valence-corrected chi connectivity index (χ2v) is 0. The summed E-state index contributed by atoms with van der Waals surface area (Å²) in [6, 6.07) is 0. The number of hydrogen-bond donors (Lipinski definition) is 0. The molecule has 0 aromatic rings. The monoisotopic (exact) mass is 200 g/mol. The zero-order valence-electron chi connectivity index (χ0n) is 7.41. The van der Waals surface area contributed by atoms with Crippen LogP contribution in [0.2, 0.25) is 0 Å². The Morgan fingerprint density at radius 1 is 0.833 bits per heavy atom. The molecule has 0 aliphatic rings. The predicted molar refractivity (Wildman–Crippen MR) is 23.2 cm³/mol. The van der Waals surface area contributed by atoms with Gasteiger partial charge in [-0.1, -0.05) is 0 Å². The van der Waals surface area contributed by atoms with E-state index in [4.69, 9.17) is 0 Å². The molecule has 6 heavy (non-hydrogen) atoms. The van der Waals surface area contributed by atoms with E-state index in [1.54, 1.807) is 0 Å². The molecule has 0 radical (unpaired) electrons. The normalized spacial score (nSPS) is 0. The summed E-state index contributed by atoms with van der Waals surface area (Å²) in [7, 11) is 0. The van der Waals surface area contributed by atoms with E-state index in [0.29, 0.717) is 0 Å². The Balaban J connectivity index is 0. The van der Waals surface area contributed by atoms with Gasteiger partial charge in [0.2, 0.25) is 0 Å². The minimum Gasteiger partial charge on any atom is -1.00 e. The van der Waals surface area contributed by atoms with Crippen molar-refractivity contribution in [3.8, 4) is 0 Å². The first-order chi connectivity index (χ1) is 0.